The Labute approximate surface area is 304 Å². The summed E-state index contributed by atoms with van der Waals surface area (Å²) in [6.07, 6.45) is 6.68. The molecule has 11 rings (SSSR count). The number of fused-ring (bicyclic) bond motifs is 8. The molecular formula is C47H29N3OS. The molecule has 3 heterocycles. The van der Waals surface area contributed by atoms with Crippen LogP contribution in [0.1, 0.15) is 17.3 Å². The van der Waals surface area contributed by atoms with Crippen LogP contribution < -0.4 is 0 Å². The molecule has 2 aliphatic rings. The van der Waals surface area contributed by atoms with Crippen LogP contribution in [0, 0.1) is 0 Å². The number of hydrogen-bond acceptors (Lipinski definition) is 5. The SMILES string of the molecule is C1=CC2c3ccccc3SC2C(c2nc(-c3ccc4ccccc4c3)nc(-c3c(-c4ccc5ccccc5c4)ccc4oc5ccccc5c34)n2)=C1. The number of para-hydroxylation sites is 1. The lowest BCUT2D eigenvalue weighted by molar-refractivity contribution is 0.669. The number of furan rings is 1. The van der Waals surface area contributed by atoms with Gasteiger partial charge in [0.25, 0.3) is 0 Å². The smallest absolute Gasteiger partial charge is 0.165 e. The second-order valence-corrected chi connectivity index (χ2v) is 14.7. The number of allylic oxidation sites excluding steroid dienone is 3. The summed E-state index contributed by atoms with van der Waals surface area (Å²) in [5.41, 5.74) is 8.13. The van der Waals surface area contributed by atoms with Crippen LogP contribution in [0.2, 0.25) is 0 Å². The van der Waals surface area contributed by atoms with Crippen LogP contribution in [-0.2, 0) is 0 Å². The van der Waals surface area contributed by atoms with Crippen molar-refractivity contribution < 1.29 is 4.42 Å². The lowest BCUT2D eigenvalue weighted by atomic mass is 9.87. The van der Waals surface area contributed by atoms with Crippen molar-refractivity contribution in [3.63, 3.8) is 0 Å². The summed E-state index contributed by atoms with van der Waals surface area (Å²) in [4.78, 5) is 17.4. The van der Waals surface area contributed by atoms with Gasteiger partial charge >= 0.3 is 0 Å². The van der Waals surface area contributed by atoms with Gasteiger partial charge in [0.2, 0.25) is 0 Å². The first kappa shape index (κ1) is 29.4. The minimum Gasteiger partial charge on any atom is -0.456 e. The lowest BCUT2D eigenvalue weighted by Gasteiger charge is -2.23. The third-order valence-corrected chi connectivity index (χ3v) is 11.9. The number of hydrogen-bond donors (Lipinski definition) is 0. The Balaban J connectivity index is 1.20. The molecule has 2 aromatic heterocycles. The molecule has 0 saturated carbocycles. The van der Waals surface area contributed by atoms with Crippen molar-refractivity contribution in [1.82, 2.24) is 15.0 Å². The van der Waals surface area contributed by atoms with E-state index >= 15 is 0 Å². The average molecular weight is 684 g/mol. The standard InChI is InChI=1S/C47H29N3OS/c1-3-12-30-26-32(22-20-28(30)10-1)34-24-25-40-42(37-15-5-7-18-39(37)51-40)43(34)47-49-45(33-23-21-29-11-2-4-13-31(29)27-33)48-46(50-47)38-17-9-16-36-35-14-6-8-19-41(35)52-44(36)38/h1-27,36,44H. The molecule has 4 nitrogen and oxygen atoms in total. The highest BCUT2D eigenvalue weighted by Crippen LogP contribution is 2.52. The predicted molar refractivity (Wildman–Crippen MR) is 214 cm³/mol. The third-order valence-electron chi connectivity index (χ3n) is 10.5. The van der Waals surface area contributed by atoms with Gasteiger partial charge in [0, 0.05) is 43.5 Å². The van der Waals surface area contributed by atoms with Crippen LogP contribution in [0.3, 0.4) is 0 Å². The van der Waals surface area contributed by atoms with E-state index in [2.05, 4.69) is 152 Å². The van der Waals surface area contributed by atoms with Crippen molar-refractivity contribution in [2.45, 2.75) is 16.1 Å². The van der Waals surface area contributed by atoms with E-state index in [1.807, 2.05) is 23.9 Å². The Morgan fingerprint density at radius 1 is 0.538 bits per heavy atom. The molecule has 0 radical (unpaired) electrons. The van der Waals surface area contributed by atoms with Gasteiger partial charge in [0.05, 0.1) is 0 Å². The zero-order valence-corrected chi connectivity index (χ0v) is 28.7. The Hall–Kier alpha value is -6.30. The van der Waals surface area contributed by atoms with E-state index in [4.69, 9.17) is 19.4 Å². The third kappa shape index (κ3) is 4.66. The van der Waals surface area contributed by atoms with Crippen LogP contribution >= 0.6 is 11.8 Å². The van der Waals surface area contributed by atoms with Crippen LogP contribution in [0.4, 0.5) is 0 Å². The molecule has 5 heteroatoms. The maximum Gasteiger partial charge on any atom is 0.165 e. The second kappa shape index (κ2) is 11.6. The van der Waals surface area contributed by atoms with Crippen LogP contribution in [0.15, 0.2) is 173 Å². The minimum absolute atomic E-state index is 0.160. The van der Waals surface area contributed by atoms with E-state index in [0.717, 1.165) is 55.2 Å². The van der Waals surface area contributed by atoms with Crippen molar-refractivity contribution in [3.05, 3.63) is 175 Å². The van der Waals surface area contributed by atoms with Crippen molar-refractivity contribution >= 4 is 60.8 Å². The fraction of sp³-hybridized carbons (Fsp3) is 0.0426. The molecule has 0 saturated heterocycles. The summed E-state index contributed by atoms with van der Waals surface area (Å²) in [7, 11) is 0. The van der Waals surface area contributed by atoms with Crippen molar-refractivity contribution in [2.24, 2.45) is 0 Å². The topological polar surface area (TPSA) is 51.8 Å². The second-order valence-electron chi connectivity index (χ2n) is 13.5. The molecule has 0 spiro atoms. The van der Waals surface area contributed by atoms with Crippen LogP contribution in [-0.4, -0.2) is 20.2 Å². The molecular weight excluding hydrogens is 655 g/mol. The molecule has 7 aromatic carbocycles. The van der Waals surface area contributed by atoms with E-state index < -0.39 is 0 Å². The van der Waals surface area contributed by atoms with E-state index in [0.29, 0.717) is 17.5 Å². The van der Waals surface area contributed by atoms with Crippen molar-refractivity contribution in [3.8, 4) is 33.9 Å². The monoisotopic (exact) mass is 683 g/mol. The molecule has 2 atom stereocenters. The Morgan fingerprint density at radius 3 is 2.06 bits per heavy atom. The van der Waals surface area contributed by atoms with Gasteiger partial charge in [-0.3, -0.25) is 0 Å². The molecule has 0 bridgehead atoms. The normalized spacial score (nSPS) is 16.4. The highest BCUT2D eigenvalue weighted by molar-refractivity contribution is 8.00. The minimum atomic E-state index is 0.160. The molecule has 2 unspecified atom stereocenters. The number of benzene rings is 7. The highest BCUT2D eigenvalue weighted by Gasteiger charge is 2.37. The zero-order valence-electron chi connectivity index (χ0n) is 27.9. The van der Waals surface area contributed by atoms with E-state index in [1.165, 1.54) is 26.6 Å². The fourth-order valence-corrected chi connectivity index (χ4v) is 9.46. The molecule has 0 N–H and O–H groups in total. The zero-order chi connectivity index (χ0) is 34.2. The molecule has 244 valence electrons. The maximum absolute atomic E-state index is 6.48. The predicted octanol–water partition coefficient (Wildman–Crippen LogP) is 12.3. The molecule has 52 heavy (non-hydrogen) atoms. The number of thioether (sulfide) groups is 1. The largest absolute Gasteiger partial charge is 0.456 e. The fourth-order valence-electron chi connectivity index (χ4n) is 7.99. The summed E-state index contributed by atoms with van der Waals surface area (Å²) in [6.45, 7) is 0. The van der Waals surface area contributed by atoms with Gasteiger partial charge in [-0.25, -0.2) is 15.0 Å². The van der Waals surface area contributed by atoms with E-state index in [1.54, 1.807) is 0 Å². The van der Waals surface area contributed by atoms with Crippen LogP contribution in [0.25, 0.3) is 83.0 Å². The van der Waals surface area contributed by atoms with Gasteiger partial charge in [-0.05, 0) is 74.6 Å². The van der Waals surface area contributed by atoms with Gasteiger partial charge in [-0.2, -0.15) is 0 Å². The summed E-state index contributed by atoms with van der Waals surface area (Å²) < 4.78 is 6.48. The van der Waals surface area contributed by atoms with Gasteiger partial charge in [-0.15, -0.1) is 11.8 Å². The first-order valence-electron chi connectivity index (χ1n) is 17.6. The van der Waals surface area contributed by atoms with Gasteiger partial charge in [0.1, 0.15) is 11.2 Å². The van der Waals surface area contributed by atoms with Crippen molar-refractivity contribution in [1.29, 1.82) is 0 Å². The maximum atomic E-state index is 6.48. The first-order valence-corrected chi connectivity index (χ1v) is 18.5. The van der Waals surface area contributed by atoms with E-state index in [-0.39, 0.29) is 11.2 Å². The number of nitrogens with zero attached hydrogens (tertiary/aromatic N) is 3. The molecule has 0 fully saturated rings. The lowest BCUT2D eigenvalue weighted by Crippen LogP contribution is -2.16. The molecule has 0 amide bonds. The molecule has 9 aromatic rings. The summed E-state index contributed by atoms with van der Waals surface area (Å²) in [5, 5.41) is 6.89. The van der Waals surface area contributed by atoms with Gasteiger partial charge in [0.15, 0.2) is 17.5 Å². The number of aromatic nitrogens is 3. The molecule has 1 aliphatic carbocycles. The van der Waals surface area contributed by atoms with Gasteiger partial charge in [-0.1, -0.05) is 127 Å². The Morgan fingerprint density at radius 2 is 1.21 bits per heavy atom. The summed E-state index contributed by atoms with van der Waals surface area (Å²) >= 11 is 1.90. The summed E-state index contributed by atoms with van der Waals surface area (Å²) in [6, 6.07) is 51.3. The Kier molecular flexibility index (Phi) is 6.58. The number of rotatable bonds is 4. The van der Waals surface area contributed by atoms with E-state index in [9.17, 15) is 0 Å². The highest BCUT2D eigenvalue weighted by atomic mass is 32.2. The summed E-state index contributed by atoms with van der Waals surface area (Å²) in [5.74, 6) is 2.22. The quantitative estimate of drug-likeness (QED) is 0.185. The van der Waals surface area contributed by atoms with Crippen molar-refractivity contribution in [2.75, 3.05) is 0 Å². The van der Waals surface area contributed by atoms with Crippen LogP contribution in [0.5, 0.6) is 0 Å². The molecule has 1 aliphatic heterocycles. The Bertz CT molecular complexity index is 2980. The average Bonchev–Trinajstić information content (AvgIpc) is 3.78. The first-order chi connectivity index (χ1) is 25.7. The van der Waals surface area contributed by atoms with Gasteiger partial charge < -0.3 is 4.42 Å².